The van der Waals surface area contributed by atoms with Gasteiger partial charge in [0.2, 0.25) is 0 Å². The van der Waals surface area contributed by atoms with Crippen LogP contribution >= 0.6 is 23.2 Å². The molecule has 5 heteroatoms. The molecule has 0 spiro atoms. The quantitative estimate of drug-likeness (QED) is 0.796. The van der Waals surface area contributed by atoms with E-state index in [1.807, 2.05) is 4.90 Å². The number of aromatic nitrogens is 1. The number of hydrogen-bond donors (Lipinski definition) is 0. The second kappa shape index (κ2) is 6.39. The lowest BCUT2D eigenvalue weighted by Crippen LogP contribution is -2.40. The molecule has 1 aromatic heterocycles. The van der Waals surface area contributed by atoms with Crippen LogP contribution in [-0.4, -0.2) is 34.3 Å². The maximum atomic E-state index is 12.4. The molecule has 0 aliphatic heterocycles. The van der Waals surface area contributed by atoms with Gasteiger partial charge in [0.25, 0.3) is 5.91 Å². The van der Waals surface area contributed by atoms with Crippen molar-refractivity contribution in [3.05, 3.63) is 29.0 Å². The lowest BCUT2D eigenvalue weighted by Gasteiger charge is -2.28. The van der Waals surface area contributed by atoms with E-state index in [-0.39, 0.29) is 5.91 Å². The van der Waals surface area contributed by atoms with Gasteiger partial charge >= 0.3 is 0 Å². The number of nitrogens with zero attached hydrogens (tertiary/aromatic N) is 2. The molecular formula is C13H16Cl2N2O. The van der Waals surface area contributed by atoms with E-state index in [2.05, 4.69) is 4.98 Å². The van der Waals surface area contributed by atoms with Crippen molar-refractivity contribution in [1.29, 1.82) is 0 Å². The normalized spacial score (nSPS) is 15.9. The Balaban J connectivity index is 2.14. The first kappa shape index (κ1) is 13.6. The number of carbonyl (C=O) groups excluding carboxylic acids is 1. The third-order valence-corrected chi connectivity index (χ3v) is 3.69. The van der Waals surface area contributed by atoms with Crippen molar-refractivity contribution in [3.8, 4) is 0 Å². The van der Waals surface area contributed by atoms with E-state index in [1.165, 1.54) is 19.0 Å². The minimum absolute atomic E-state index is 0.0424. The summed E-state index contributed by atoms with van der Waals surface area (Å²) in [6.07, 6.45) is 6.00. The highest BCUT2D eigenvalue weighted by molar-refractivity contribution is 6.30. The second-order valence-corrected chi connectivity index (χ2v) is 5.30. The Kier molecular flexibility index (Phi) is 4.84. The smallest absolute Gasteiger partial charge is 0.272 e. The zero-order valence-electron chi connectivity index (χ0n) is 10.1. The molecule has 1 heterocycles. The first-order valence-electron chi connectivity index (χ1n) is 6.21. The summed E-state index contributed by atoms with van der Waals surface area (Å²) < 4.78 is 0. The van der Waals surface area contributed by atoms with E-state index in [0.29, 0.717) is 29.2 Å². The Morgan fingerprint density at radius 3 is 2.67 bits per heavy atom. The van der Waals surface area contributed by atoms with Crippen LogP contribution in [0.1, 0.15) is 36.2 Å². The lowest BCUT2D eigenvalue weighted by molar-refractivity contribution is 0.0689. The summed E-state index contributed by atoms with van der Waals surface area (Å²) in [6.45, 7) is 0.579. The predicted octanol–water partition coefficient (Wildman–Crippen LogP) is 3.36. The first-order valence-corrected chi connectivity index (χ1v) is 7.12. The fourth-order valence-electron chi connectivity index (χ4n) is 2.41. The van der Waals surface area contributed by atoms with Gasteiger partial charge in [-0.1, -0.05) is 24.4 Å². The number of amides is 1. The summed E-state index contributed by atoms with van der Waals surface area (Å²) in [5.41, 5.74) is 0.441. The highest BCUT2D eigenvalue weighted by atomic mass is 35.5. The summed E-state index contributed by atoms with van der Waals surface area (Å²) in [5.74, 6) is 0.412. The van der Waals surface area contributed by atoms with E-state index in [0.717, 1.165) is 12.8 Å². The monoisotopic (exact) mass is 286 g/mol. The van der Waals surface area contributed by atoms with Gasteiger partial charge in [-0.05, 0) is 25.0 Å². The zero-order chi connectivity index (χ0) is 13.0. The standard InChI is InChI=1S/C13H16Cl2N2O/c14-7-8-17(11-3-1-2-4-11)13(18)12-6-5-10(15)9-16-12/h5-6,9,11H,1-4,7-8H2. The van der Waals surface area contributed by atoms with Gasteiger partial charge < -0.3 is 4.90 Å². The van der Waals surface area contributed by atoms with E-state index in [4.69, 9.17) is 23.2 Å². The summed E-state index contributed by atoms with van der Waals surface area (Å²) in [4.78, 5) is 18.3. The second-order valence-electron chi connectivity index (χ2n) is 4.49. The molecule has 0 saturated heterocycles. The fraction of sp³-hybridized carbons (Fsp3) is 0.538. The van der Waals surface area contributed by atoms with Crippen molar-refractivity contribution in [2.24, 2.45) is 0 Å². The Morgan fingerprint density at radius 2 is 2.11 bits per heavy atom. The summed E-state index contributed by atoms with van der Waals surface area (Å²) in [7, 11) is 0. The number of alkyl halides is 1. The van der Waals surface area contributed by atoms with Crippen LogP contribution in [0.3, 0.4) is 0 Å². The van der Waals surface area contributed by atoms with Gasteiger partial charge in [0.05, 0.1) is 5.02 Å². The van der Waals surface area contributed by atoms with Crippen molar-refractivity contribution >= 4 is 29.1 Å². The van der Waals surface area contributed by atoms with E-state index >= 15 is 0 Å². The molecule has 1 aliphatic carbocycles. The number of rotatable bonds is 4. The number of hydrogen-bond acceptors (Lipinski definition) is 2. The average molecular weight is 287 g/mol. The SMILES string of the molecule is O=C(c1ccc(Cl)cn1)N(CCCl)C1CCCC1. The highest BCUT2D eigenvalue weighted by Gasteiger charge is 2.27. The number of carbonyl (C=O) groups is 1. The van der Waals surface area contributed by atoms with Crippen LogP contribution in [-0.2, 0) is 0 Å². The van der Waals surface area contributed by atoms with Crippen LogP contribution in [0.15, 0.2) is 18.3 Å². The van der Waals surface area contributed by atoms with Crippen LogP contribution in [0.5, 0.6) is 0 Å². The Hall–Kier alpha value is -0.800. The van der Waals surface area contributed by atoms with Gasteiger partial charge in [-0.25, -0.2) is 4.98 Å². The molecule has 1 saturated carbocycles. The molecule has 0 radical (unpaired) electrons. The number of pyridine rings is 1. The van der Waals surface area contributed by atoms with Crippen molar-refractivity contribution in [2.75, 3.05) is 12.4 Å². The zero-order valence-corrected chi connectivity index (χ0v) is 11.6. The van der Waals surface area contributed by atoms with Crippen LogP contribution in [0.25, 0.3) is 0 Å². The van der Waals surface area contributed by atoms with E-state index in [9.17, 15) is 4.79 Å². The highest BCUT2D eigenvalue weighted by Crippen LogP contribution is 2.24. The van der Waals surface area contributed by atoms with Crippen LogP contribution < -0.4 is 0 Å². The van der Waals surface area contributed by atoms with E-state index < -0.39 is 0 Å². The lowest BCUT2D eigenvalue weighted by atomic mass is 10.2. The molecule has 98 valence electrons. The average Bonchev–Trinajstić information content (AvgIpc) is 2.90. The van der Waals surface area contributed by atoms with Crippen molar-refractivity contribution in [2.45, 2.75) is 31.7 Å². The minimum Gasteiger partial charge on any atom is -0.333 e. The van der Waals surface area contributed by atoms with Gasteiger partial charge in [-0.2, -0.15) is 0 Å². The summed E-state index contributed by atoms with van der Waals surface area (Å²) >= 11 is 11.6. The van der Waals surface area contributed by atoms with Gasteiger partial charge in [0, 0.05) is 24.7 Å². The molecule has 0 bridgehead atoms. The maximum Gasteiger partial charge on any atom is 0.272 e. The third-order valence-electron chi connectivity index (χ3n) is 3.30. The molecule has 1 aromatic rings. The topological polar surface area (TPSA) is 33.2 Å². The molecule has 0 atom stereocenters. The third kappa shape index (κ3) is 3.15. The van der Waals surface area contributed by atoms with Gasteiger partial charge in [0.15, 0.2) is 0 Å². The Morgan fingerprint density at radius 1 is 1.39 bits per heavy atom. The van der Waals surface area contributed by atoms with Crippen molar-refractivity contribution < 1.29 is 4.79 Å². The van der Waals surface area contributed by atoms with Gasteiger partial charge in [-0.15, -0.1) is 11.6 Å². The molecule has 3 nitrogen and oxygen atoms in total. The maximum absolute atomic E-state index is 12.4. The minimum atomic E-state index is -0.0424. The van der Waals surface area contributed by atoms with Crippen LogP contribution in [0.2, 0.25) is 5.02 Å². The largest absolute Gasteiger partial charge is 0.333 e. The van der Waals surface area contributed by atoms with Gasteiger partial charge in [0.1, 0.15) is 5.69 Å². The molecule has 0 aromatic carbocycles. The fourth-order valence-corrected chi connectivity index (χ4v) is 2.70. The molecule has 0 unspecified atom stereocenters. The molecule has 18 heavy (non-hydrogen) atoms. The Bertz CT molecular complexity index is 402. The summed E-state index contributed by atoms with van der Waals surface area (Å²) in [6, 6.07) is 3.67. The molecular weight excluding hydrogens is 271 g/mol. The molecule has 1 amide bonds. The summed E-state index contributed by atoms with van der Waals surface area (Å²) in [5, 5.41) is 0.538. The van der Waals surface area contributed by atoms with Crippen molar-refractivity contribution in [1.82, 2.24) is 9.88 Å². The number of halogens is 2. The van der Waals surface area contributed by atoms with Crippen LogP contribution in [0.4, 0.5) is 0 Å². The molecule has 0 N–H and O–H groups in total. The molecule has 2 rings (SSSR count). The molecule has 1 aliphatic rings. The molecule has 1 fully saturated rings. The van der Waals surface area contributed by atoms with E-state index in [1.54, 1.807) is 12.1 Å². The van der Waals surface area contributed by atoms with Crippen LogP contribution in [0, 0.1) is 0 Å². The first-order chi connectivity index (χ1) is 8.72. The Labute approximate surface area is 117 Å². The van der Waals surface area contributed by atoms with Gasteiger partial charge in [-0.3, -0.25) is 4.79 Å². The predicted molar refractivity (Wildman–Crippen MR) is 73.3 cm³/mol. The van der Waals surface area contributed by atoms with Crippen molar-refractivity contribution in [3.63, 3.8) is 0 Å².